The van der Waals surface area contributed by atoms with Crippen LogP contribution in [0.5, 0.6) is 0 Å². The number of thioether (sulfide) groups is 1. The van der Waals surface area contributed by atoms with Crippen LogP contribution in [0, 0.1) is 0 Å². The number of carbonyl (C=O) groups is 1. The van der Waals surface area contributed by atoms with Crippen LogP contribution in [-0.2, 0) is 11.3 Å². The van der Waals surface area contributed by atoms with Gasteiger partial charge in [-0.2, -0.15) is 0 Å². The molecule has 0 radical (unpaired) electrons. The predicted molar refractivity (Wildman–Crippen MR) is 112 cm³/mol. The molecule has 5 nitrogen and oxygen atoms in total. The molecule has 4 rings (SSSR count). The zero-order valence-corrected chi connectivity index (χ0v) is 16.8. The van der Waals surface area contributed by atoms with Crippen molar-refractivity contribution in [3.8, 4) is 0 Å². The average molecular weight is 414 g/mol. The second kappa shape index (κ2) is 8.80. The Morgan fingerprint density at radius 3 is 2.71 bits per heavy atom. The largest absolute Gasteiger partial charge is 0.445 e. The third-order valence-corrected chi connectivity index (χ3v) is 6.33. The molecule has 1 aliphatic heterocycles. The van der Waals surface area contributed by atoms with Crippen molar-refractivity contribution < 1.29 is 9.53 Å². The zero-order chi connectivity index (χ0) is 19.3. The van der Waals surface area contributed by atoms with Crippen molar-refractivity contribution in [1.29, 1.82) is 0 Å². The third-order valence-electron chi connectivity index (χ3n) is 4.74. The molecule has 144 valence electrons. The number of hydrogen-bond acceptors (Lipinski definition) is 5. The molecule has 3 aromatic rings. The molecule has 0 spiro atoms. The number of aromatic nitrogens is 2. The van der Waals surface area contributed by atoms with E-state index in [-0.39, 0.29) is 6.09 Å². The number of piperidine rings is 1. The Morgan fingerprint density at radius 1 is 1.14 bits per heavy atom. The van der Waals surface area contributed by atoms with Crippen LogP contribution in [0.1, 0.15) is 18.4 Å². The minimum absolute atomic E-state index is 0.244. The van der Waals surface area contributed by atoms with Gasteiger partial charge >= 0.3 is 6.09 Å². The number of benzene rings is 2. The topological polar surface area (TPSA) is 55.3 Å². The number of fused-ring (bicyclic) bond motifs is 1. The summed E-state index contributed by atoms with van der Waals surface area (Å²) in [6.07, 6.45) is 3.15. The smallest absolute Gasteiger partial charge is 0.410 e. The van der Waals surface area contributed by atoms with Crippen LogP contribution >= 0.6 is 23.4 Å². The molecule has 7 heteroatoms. The quantitative estimate of drug-likeness (QED) is 0.552. The Labute approximate surface area is 173 Å². The summed E-state index contributed by atoms with van der Waals surface area (Å²) in [6, 6.07) is 15.4. The molecule has 0 atom stereocenters. The van der Waals surface area contributed by atoms with Crippen LogP contribution < -0.4 is 0 Å². The molecule has 0 unspecified atom stereocenters. The fourth-order valence-corrected chi connectivity index (χ4v) is 4.56. The van der Waals surface area contributed by atoms with Gasteiger partial charge in [0.05, 0.1) is 5.52 Å². The van der Waals surface area contributed by atoms with E-state index in [0.29, 0.717) is 30.0 Å². The van der Waals surface area contributed by atoms with Crippen LogP contribution in [0.15, 0.2) is 59.9 Å². The lowest BCUT2D eigenvalue weighted by atomic mass is 10.1. The van der Waals surface area contributed by atoms with E-state index in [4.69, 9.17) is 16.3 Å². The van der Waals surface area contributed by atoms with E-state index in [1.54, 1.807) is 23.0 Å². The van der Waals surface area contributed by atoms with Crippen LogP contribution in [0.3, 0.4) is 0 Å². The molecule has 1 aromatic heterocycles. The lowest BCUT2D eigenvalue weighted by Gasteiger charge is -2.30. The number of likely N-dealkylation sites (tertiary alicyclic amines) is 1. The first-order valence-corrected chi connectivity index (χ1v) is 10.5. The normalized spacial score (nSPS) is 15.0. The molecule has 1 saturated heterocycles. The number of rotatable bonds is 4. The van der Waals surface area contributed by atoms with E-state index >= 15 is 0 Å². The maximum Gasteiger partial charge on any atom is 0.410 e. The maximum atomic E-state index is 12.3. The lowest BCUT2D eigenvalue weighted by molar-refractivity contribution is 0.0901. The summed E-state index contributed by atoms with van der Waals surface area (Å²) < 4.78 is 5.44. The molecule has 1 fully saturated rings. The van der Waals surface area contributed by atoms with Gasteiger partial charge in [0.15, 0.2) is 0 Å². The molecule has 1 aliphatic rings. The van der Waals surface area contributed by atoms with Crippen molar-refractivity contribution in [3.05, 3.63) is 65.4 Å². The summed E-state index contributed by atoms with van der Waals surface area (Å²) in [6.45, 7) is 1.69. The fourth-order valence-electron chi connectivity index (χ4n) is 3.22. The number of amides is 1. The molecule has 0 N–H and O–H groups in total. The Morgan fingerprint density at radius 2 is 1.93 bits per heavy atom. The Balaban J connectivity index is 1.32. The van der Waals surface area contributed by atoms with Gasteiger partial charge in [-0.3, -0.25) is 0 Å². The standard InChI is InChI=1S/C21H20ClN3O2S/c22-16-6-7-19-18(12-16)20(24-14-23-19)28-17-8-10-25(11-9-17)21(26)27-13-15-4-2-1-3-5-15/h1-7,12,14,17H,8-11,13H2. The third kappa shape index (κ3) is 4.56. The highest BCUT2D eigenvalue weighted by atomic mass is 35.5. The van der Waals surface area contributed by atoms with Gasteiger partial charge in [-0.1, -0.05) is 41.9 Å². The first-order valence-electron chi connectivity index (χ1n) is 9.21. The number of halogens is 1. The van der Waals surface area contributed by atoms with E-state index in [1.165, 1.54) is 0 Å². The van der Waals surface area contributed by atoms with Gasteiger partial charge in [-0.25, -0.2) is 14.8 Å². The molecule has 0 bridgehead atoms. The minimum atomic E-state index is -0.244. The minimum Gasteiger partial charge on any atom is -0.445 e. The van der Waals surface area contributed by atoms with Gasteiger partial charge in [0.25, 0.3) is 0 Å². The highest BCUT2D eigenvalue weighted by molar-refractivity contribution is 8.00. The molecule has 28 heavy (non-hydrogen) atoms. The molecular formula is C21H20ClN3O2S. The maximum absolute atomic E-state index is 12.3. The Bertz CT molecular complexity index is 962. The summed E-state index contributed by atoms with van der Waals surface area (Å²) in [5, 5.41) is 3.00. The van der Waals surface area contributed by atoms with Crippen LogP contribution in [0.4, 0.5) is 4.79 Å². The highest BCUT2D eigenvalue weighted by Gasteiger charge is 2.25. The van der Waals surface area contributed by atoms with Gasteiger partial charge in [0.2, 0.25) is 0 Å². The molecule has 2 aromatic carbocycles. The first-order chi connectivity index (χ1) is 13.7. The molecule has 0 aliphatic carbocycles. The average Bonchev–Trinajstić information content (AvgIpc) is 2.74. The van der Waals surface area contributed by atoms with Gasteiger partial charge in [-0.15, -0.1) is 11.8 Å². The van der Waals surface area contributed by atoms with E-state index < -0.39 is 0 Å². The highest BCUT2D eigenvalue weighted by Crippen LogP contribution is 2.34. The van der Waals surface area contributed by atoms with Crippen LogP contribution in [-0.4, -0.2) is 39.3 Å². The molecule has 0 saturated carbocycles. The number of carbonyl (C=O) groups excluding carboxylic acids is 1. The number of ether oxygens (including phenoxy) is 1. The van der Waals surface area contributed by atoms with Crippen molar-refractivity contribution in [1.82, 2.24) is 14.9 Å². The van der Waals surface area contributed by atoms with Crippen LogP contribution in [0.2, 0.25) is 5.02 Å². The molecule has 2 heterocycles. The van der Waals surface area contributed by atoms with E-state index in [0.717, 1.165) is 34.3 Å². The first kappa shape index (κ1) is 19.0. The summed E-state index contributed by atoms with van der Waals surface area (Å²) in [4.78, 5) is 22.8. The predicted octanol–water partition coefficient (Wildman–Crippen LogP) is 5.18. The second-order valence-corrected chi connectivity index (χ2v) is 8.41. The summed E-state index contributed by atoms with van der Waals surface area (Å²) >= 11 is 7.88. The van der Waals surface area contributed by atoms with Gasteiger partial charge in [0.1, 0.15) is 18.0 Å². The molecule has 1 amide bonds. The fraction of sp³-hybridized carbons (Fsp3) is 0.286. The molecular weight excluding hydrogens is 394 g/mol. The Hall–Kier alpha value is -2.31. The van der Waals surface area contributed by atoms with Gasteiger partial charge < -0.3 is 9.64 Å². The summed E-state index contributed by atoms with van der Waals surface area (Å²) in [5.74, 6) is 0. The zero-order valence-electron chi connectivity index (χ0n) is 15.3. The summed E-state index contributed by atoms with van der Waals surface area (Å²) in [7, 11) is 0. The van der Waals surface area contributed by atoms with Gasteiger partial charge in [0, 0.05) is 28.7 Å². The Kier molecular flexibility index (Phi) is 5.98. The van der Waals surface area contributed by atoms with Crippen molar-refractivity contribution >= 4 is 40.4 Å². The van der Waals surface area contributed by atoms with Crippen molar-refractivity contribution in [2.75, 3.05) is 13.1 Å². The van der Waals surface area contributed by atoms with E-state index in [1.807, 2.05) is 48.5 Å². The van der Waals surface area contributed by atoms with E-state index in [2.05, 4.69) is 9.97 Å². The van der Waals surface area contributed by atoms with Crippen molar-refractivity contribution in [2.24, 2.45) is 0 Å². The van der Waals surface area contributed by atoms with Crippen molar-refractivity contribution in [2.45, 2.75) is 29.7 Å². The monoisotopic (exact) mass is 413 g/mol. The summed E-state index contributed by atoms with van der Waals surface area (Å²) in [5.41, 5.74) is 1.89. The van der Waals surface area contributed by atoms with Crippen LogP contribution in [0.25, 0.3) is 10.9 Å². The van der Waals surface area contributed by atoms with E-state index in [9.17, 15) is 4.79 Å². The lowest BCUT2D eigenvalue weighted by Crippen LogP contribution is -2.39. The SMILES string of the molecule is O=C(OCc1ccccc1)N1CCC(Sc2ncnc3ccc(Cl)cc23)CC1. The number of hydrogen-bond donors (Lipinski definition) is 0. The van der Waals surface area contributed by atoms with Gasteiger partial charge in [-0.05, 0) is 36.6 Å². The number of nitrogens with zero attached hydrogens (tertiary/aromatic N) is 3. The second-order valence-electron chi connectivity index (χ2n) is 6.68. The van der Waals surface area contributed by atoms with Crippen molar-refractivity contribution in [3.63, 3.8) is 0 Å².